The van der Waals surface area contributed by atoms with Crippen LogP contribution in [0.5, 0.6) is 5.88 Å². The highest BCUT2D eigenvalue weighted by Crippen LogP contribution is 2.28. The van der Waals surface area contributed by atoms with Gasteiger partial charge in [-0.1, -0.05) is 26.8 Å². The van der Waals surface area contributed by atoms with E-state index >= 15 is 0 Å². The molecule has 3 unspecified atom stereocenters. The zero-order chi connectivity index (χ0) is 24.3. The van der Waals surface area contributed by atoms with Crippen LogP contribution in [0.25, 0.3) is 0 Å². The number of aromatic nitrogens is 1. The predicted molar refractivity (Wildman–Crippen MR) is 121 cm³/mol. The van der Waals surface area contributed by atoms with Crippen LogP contribution in [0.1, 0.15) is 48.0 Å². The summed E-state index contributed by atoms with van der Waals surface area (Å²) >= 11 is 3.30. The summed E-state index contributed by atoms with van der Waals surface area (Å²) in [6, 6.07) is 3.49. The van der Waals surface area contributed by atoms with Gasteiger partial charge >= 0.3 is 12.1 Å². The van der Waals surface area contributed by atoms with Crippen LogP contribution >= 0.6 is 15.9 Å². The minimum absolute atomic E-state index is 0.148. The van der Waals surface area contributed by atoms with Crippen LogP contribution in [0.3, 0.4) is 0 Å². The molecule has 1 aromatic rings. The van der Waals surface area contributed by atoms with Gasteiger partial charge in [-0.25, -0.2) is 14.6 Å². The molecule has 178 valence electrons. The molecule has 1 aliphatic heterocycles. The van der Waals surface area contributed by atoms with Gasteiger partial charge < -0.3 is 24.4 Å². The van der Waals surface area contributed by atoms with E-state index in [1.165, 1.54) is 12.0 Å². The Labute approximate surface area is 197 Å². The van der Waals surface area contributed by atoms with Crippen molar-refractivity contribution in [3.05, 3.63) is 22.8 Å². The molecule has 0 spiro atoms. The molecular formula is C22H32BrN3O6. The number of nitrogens with zero attached hydrogens (tertiary/aromatic N) is 2. The van der Waals surface area contributed by atoms with Crippen molar-refractivity contribution >= 4 is 33.9 Å². The van der Waals surface area contributed by atoms with Crippen molar-refractivity contribution in [1.82, 2.24) is 15.2 Å². The normalized spacial score (nSPS) is 19.8. The summed E-state index contributed by atoms with van der Waals surface area (Å²) in [6.07, 6.45) is -0.923. The second kappa shape index (κ2) is 10.1. The number of hydrogen-bond acceptors (Lipinski definition) is 7. The van der Waals surface area contributed by atoms with E-state index in [-0.39, 0.29) is 13.0 Å². The lowest BCUT2D eigenvalue weighted by Gasteiger charge is -2.35. The predicted octanol–water partition coefficient (Wildman–Crippen LogP) is 3.30. The van der Waals surface area contributed by atoms with Crippen molar-refractivity contribution in [3.8, 4) is 5.88 Å². The summed E-state index contributed by atoms with van der Waals surface area (Å²) < 4.78 is 16.8. The molecule has 32 heavy (non-hydrogen) atoms. The summed E-state index contributed by atoms with van der Waals surface area (Å²) in [7, 11) is 1.27. The first-order valence-corrected chi connectivity index (χ1v) is 11.2. The summed E-state index contributed by atoms with van der Waals surface area (Å²) in [5.74, 6) is -0.579. The molecule has 10 heteroatoms. The minimum Gasteiger partial charge on any atom is -0.472 e. The maximum absolute atomic E-state index is 13.5. The van der Waals surface area contributed by atoms with Gasteiger partial charge in [0.15, 0.2) is 0 Å². The first kappa shape index (κ1) is 25.9. The highest BCUT2D eigenvalue weighted by molar-refractivity contribution is 9.10. The van der Waals surface area contributed by atoms with Crippen LogP contribution in [0, 0.1) is 5.41 Å². The molecule has 2 amide bonds. The van der Waals surface area contributed by atoms with E-state index in [1.807, 2.05) is 20.8 Å². The first-order valence-electron chi connectivity index (χ1n) is 10.4. The number of hydrogen-bond donors (Lipinski definition) is 1. The SMILES string of the molecule is COC(=O)C1CC(Oc2cccc(Br)n2)CN1C(=O)C(NC(=O)OC(C)(C)C)C(C)(C)C. The molecule has 0 radical (unpaired) electrons. The number of esters is 1. The van der Waals surface area contributed by atoms with Gasteiger partial charge in [0.1, 0.15) is 28.4 Å². The molecule has 1 fully saturated rings. The molecule has 2 rings (SSSR count). The molecule has 9 nitrogen and oxygen atoms in total. The third kappa shape index (κ3) is 7.08. The summed E-state index contributed by atoms with van der Waals surface area (Å²) in [6.45, 7) is 10.9. The lowest BCUT2D eigenvalue weighted by Crippen LogP contribution is -2.57. The lowest BCUT2D eigenvalue weighted by atomic mass is 9.85. The number of carbonyl (C=O) groups excluding carboxylic acids is 3. The lowest BCUT2D eigenvalue weighted by molar-refractivity contribution is -0.152. The van der Waals surface area contributed by atoms with Crippen molar-refractivity contribution in [2.24, 2.45) is 5.41 Å². The number of amides is 2. The molecule has 0 bridgehead atoms. The highest BCUT2D eigenvalue weighted by Gasteiger charge is 2.46. The van der Waals surface area contributed by atoms with E-state index in [4.69, 9.17) is 14.2 Å². The second-order valence-electron chi connectivity index (χ2n) is 9.75. The van der Waals surface area contributed by atoms with E-state index in [0.717, 1.165) is 0 Å². The average molecular weight is 514 g/mol. The van der Waals surface area contributed by atoms with E-state index in [0.29, 0.717) is 10.5 Å². The maximum Gasteiger partial charge on any atom is 0.408 e. The van der Waals surface area contributed by atoms with Crippen molar-refractivity contribution < 1.29 is 28.6 Å². The summed E-state index contributed by atoms with van der Waals surface area (Å²) in [4.78, 5) is 44.1. The van der Waals surface area contributed by atoms with Gasteiger partial charge in [-0.2, -0.15) is 0 Å². The average Bonchev–Trinajstić information content (AvgIpc) is 3.06. The van der Waals surface area contributed by atoms with Crippen molar-refractivity contribution in [3.63, 3.8) is 0 Å². The van der Waals surface area contributed by atoms with Crippen LogP contribution in [0.2, 0.25) is 0 Å². The molecule has 1 N–H and O–H groups in total. The smallest absolute Gasteiger partial charge is 0.408 e. The molecular weight excluding hydrogens is 482 g/mol. The number of methoxy groups -OCH3 is 1. The molecule has 0 saturated carbocycles. The Hall–Kier alpha value is -2.36. The summed E-state index contributed by atoms with van der Waals surface area (Å²) in [5, 5.41) is 2.68. The fourth-order valence-electron chi connectivity index (χ4n) is 3.35. The highest BCUT2D eigenvalue weighted by atomic mass is 79.9. The van der Waals surface area contributed by atoms with Crippen molar-refractivity contribution in [2.75, 3.05) is 13.7 Å². The van der Waals surface area contributed by atoms with E-state index in [9.17, 15) is 14.4 Å². The number of carbonyl (C=O) groups is 3. The topological polar surface area (TPSA) is 107 Å². The number of likely N-dealkylation sites (tertiary alicyclic amines) is 1. The Bertz CT molecular complexity index is 849. The standard InChI is InChI=1S/C22H32BrN3O6/c1-21(2,3)17(25-20(29)32-22(4,5)6)18(27)26-12-13(11-14(26)19(28)30-7)31-16-10-8-9-15(23)24-16/h8-10,13-14,17H,11-12H2,1-7H3,(H,25,29). The number of nitrogens with one attached hydrogen (secondary N) is 1. The minimum atomic E-state index is -0.924. The molecule has 0 aliphatic carbocycles. The van der Waals surface area contributed by atoms with Crippen LogP contribution < -0.4 is 10.1 Å². The Kier molecular flexibility index (Phi) is 8.14. The number of rotatable bonds is 5. The zero-order valence-corrected chi connectivity index (χ0v) is 21.2. The van der Waals surface area contributed by atoms with E-state index < -0.39 is 47.2 Å². The first-order chi connectivity index (χ1) is 14.7. The Morgan fingerprint density at radius 3 is 2.38 bits per heavy atom. The van der Waals surface area contributed by atoms with Gasteiger partial charge in [-0.15, -0.1) is 0 Å². The molecule has 1 aromatic heterocycles. The van der Waals surface area contributed by atoms with Gasteiger partial charge in [0.05, 0.1) is 13.7 Å². The number of alkyl carbamates (subject to hydrolysis) is 1. The van der Waals surface area contributed by atoms with Crippen LogP contribution in [-0.2, 0) is 19.1 Å². The quantitative estimate of drug-likeness (QED) is 0.475. The fraction of sp³-hybridized carbons (Fsp3) is 0.636. The third-order valence-electron chi connectivity index (χ3n) is 4.77. The third-order valence-corrected chi connectivity index (χ3v) is 5.21. The largest absolute Gasteiger partial charge is 0.472 e. The van der Waals surface area contributed by atoms with Crippen LogP contribution in [0.15, 0.2) is 22.8 Å². The molecule has 1 saturated heterocycles. The van der Waals surface area contributed by atoms with Crippen molar-refractivity contribution in [2.45, 2.75) is 71.8 Å². The van der Waals surface area contributed by atoms with Crippen LogP contribution in [0.4, 0.5) is 4.79 Å². The van der Waals surface area contributed by atoms with E-state index in [2.05, 4.69) is 26.2 Å². The Morgan fingerprint density at radius 1 is 1.19 bits per heavy atom. The van der Waals surface area contributed by atoms with E-state index in [1.54, 1.807) is 39.0 Å². The molecule has 3 atom stereocenters. The fourth-order valence-corrected chi connectivity index (χ4v) is 3.68. The van der Waals surface area contributed by atoms with Crippen molar-refractivity contribution in [1.29, 1.82) is 0 Å². The van der Waals surface area contributed by atoms with Gasteiger partial charge in [0.25, 0.3) is 0 Å². The summed E-state index contributed by atoms with van der Waals surface area (Å²) in [5.41, 5.74) is -1.35. The zero-order valence-electron chi connectivity index (χ0n) is 19.6. The number of halogens is 1. The van der Waals surface area contributed by atoms with Gasteiger partial charge in [0.2, 0.25) is 11.8 Å². The van der Waals surface area contributed by atoms with Gasteiger partial charge in [-0.05, 0) is 48.2 Å². The maximum atomic E-state index is 13.5. The molecule has 2 heterocycles. The molecule has 1 aliphatic rings. The number of pyridine rings is 1. The number of ether oxygens (including phenoxy) is 3. The van der Waals surface area contributed by atoms with Gasteiger partial charge in [-0.3, -0.25) is 4.79 Å². The molecule has 0 aromatic carbocycles. The van der Waals surface area contributed by atoms with Gasteiger partial charge in [0, 0.05) is 12.5 Å². The Balaban J connectivity index is 2.24. The Morgan fingerprint density at radius 2 is 1.84 bits per heavy atom. The second-order valence-corrected chi connectivity index (χ2v) is 10.6. The van der Waals surface area contributed by atoms with Crippen LogP contribution in [-0.4, -0.2) is 65.3 Å². The monoisotopic (exact) mass is 513 g/mol.